The number of esters is 1. The van der Waals surface area contributed by atoms with E-state index in [1.807, 2.05) is 0 Å². The molecule has 0 saturated heterocycles. The molecule has 3 heteroatoms. The summed E-state index contributed by atoms with van der Waals surface area (Å²) in [7, 11) is 1.31. The molecule has 0 aliphatic rings. The average molecular weight is 168 g/mol. The maximum atomic E-state index is 9.94. The summed E-state index contributed by atoms with van der Waals surface area (Å²) >= 11 is 0. The fraction of sp³-hybridized carbons (Fsp3) is 0.111. The Morgan fingerprint density at radius 2 is 1.50 bits per heavy atom. The number of carbonyl (C=O) groups excluding carboxylic acids is 2. The van der Waals surface area contributed by atoms with Gasteiger partial charge in [-0.1, -0.05) is 19.7 Å². The van der Waals surface area contributed by atoms with E-state index in [1.54, 1.807) is 0 Å². The Kier molecular flexibility index (Phi) is 10.1. The van der Waals surface area contributed by atoms with Gasteiger partial charge in [0.05, 0.1) is 7.11 Å². The molecule has 0 aliphatic carbocycles. The molecule has 3 nitrogen and oxygen atoms in total. The van der Waals surface area contributed by atoms with E-state index < -0.39 is 5.97 Å². The minimum atomic E-state index is -0.394. The van der Waals surface area contributed by atoms with E-state index in [4.69, 9.17) is 0 Å². The van der Waals surface area contributed by atoms with Crippen molar-refractivity contribution < 1.29 is 14.3 Å². The van der Waals surface area contributed by atoms with Crippen molar-refractivity contribution in [2.75, 3.05) is 7.11 Å². The van der Waals surface area contributed by atoms with Crippen molar-refractivity contribution in [2.24, 2.45) is 0 Å². The molecule has 0 heterocycles. The second-order valence-corrected chi connectivity index (χ2v) is 1.54. The molecule has 12 heavy (non-hydrogen) atoms. The number of hydrogen-bond acceptors (Lipinski definition) is 3. The zero-order valence-corrected chi connectivity index (χ0v) is 7.08. The molecule has 0 spiro atoms. The molecule has 0 bridgehead atoms. The first-order chi connectivity index (χ1) is 5.62. The Hall–Kier alpha value is -1.64. The lowest BCUT2D eigenvalue weighted by Crippen LogP contribution is -1.91. The molecular formula is C9H12O3. The monoisotopic (exact) mass is 168 g/mol. The van der Waals surface area contributed by atoms with Gasteiger partial charge in [-0.05, 0) is 12.2 Å². The van der Waals surface area contributed by atoms with Crippen molar-refractivity contribution in [3.05, 3.63) is 38.0 Å². The van der Waals surface area contributed by atoms with E-state index >= 15 is 0 Å². The third-order valence-corrected chi connectivity index (χ3v) is 0.770. The summed E-state index contributed by atoms with van der Waals surface area (Å²) in [6.07, 6.45) is 3.54. The molecule has 0 aliphatic heterocycles. The van der Waals surface area contributed by atoms with E-state index in [9.17, 15) is 9.59 Å². The molecule has 0 N–H and O–H groups in total. The van der Waals surface area contributed by atoms with Crippen molar-refractivity contribution in [3.8, 4) is 0 Å². The third-order valence-electron chi connectivity index (χ3n) is 0.770. The first-order valence-corrected chi connectivity index (χ1v) is 3.11. The fourth-order valence-corrected chi connectivity index (χ4v) is 0.167. The van der Waals surface area contributed by atoms with Crippen molar-refractivity contribution in [2.45, 2.75) is 0 Å². The molecular weight excluding hydrogens is 156 g/mol. The average Bonchev–Trinajstić information content (AvgIpc) is 2.16. The molecule has 0 saturated carbocycles. The van der Waals surface area contributed by atoms with Crippen LogP contribution < -0.4 is 0 Å². The highest BCUT2D eigenvalue weighted by molar-refractivity contribution is 5.98. The lowest BCUT2D eigenvalue weighted by molar-refractivity contribution is -0.134. The van der Waals surface area contributed by atoms with Gasteiger partial charge in [-0.2, -0.15) is 0 Å². The number of allylic oxidation sites excluding steroid dienone is 2. The highest BCUT2D eigenvalue weighted by atomic mass is 16.5. The largest absolute Gasteiger partial charge is 0.466 e. The van der Waals surface area contributed by atoms with Crippen LogP contribution in [0.2, 0.25) is 0 Å². The van der Waals surface area contributed by atoms with Gasteiger partial charge in [-0.25, -0.2) is 4.79 Å². The first kappa shape index (κ1) is 13.0. The van der Waals surface area contributed by atoms with Gasteiger partial charge < -0.3 is 4.74 Å². The quantitative estimate of drug-likeness (QED) is 0.471. The Labute approximate surface area is 72.0 Å². The minimum absolute atomic E-state index is 0.130. The van der Waals surface area contributed by atoms with Gasteiger partial charge >= 0.3 is 5.97 Å². The van der Waals surface area contributed by atoms with Crippen molar-refractivity contribution in [3.63, 3.8) is 0 Å². The van der Waals surface area contributed by atoms with E-state index in [0.717, 1.165) is 6.08 Å². The summed E-state index contributed by atoms with van der Waals surface area (Å²) in [5, 5.41) is 0. The molecule has 0 rings (SSSR count). The summed E-state index contributed by atoms with van der Waals surface area (Å²) in [6, 6.07) is 0. The van der Waals surface area contributed by atoms with Crippen LogP contribution in [0, 0.1) is 0 Å². The van der Waals surface area contributed by atoms with Crippen LogP contribution in [-0.2, 0) is 14.3 Å². The van der Waals surface area contributed by atoms with Crippen LogP contribution in [0.5, 0.6) is 0 Å². The minimum Gasteiger partial charge on any atom is -0.466 e. The fourth-order valence-electron chi connectivity index (χ4n) is 0.167. The van der Waals surface area contributed by atoms with Crippen LogP contribution in [0.3, 0.4) is 0 Å². The van der Waals surface area contributed by atoms with Crippen LogP contribution in [0.25, 0.3) is 0 Å². The van der Waals surface area contributed by atoms with Gasteiger partial charge in [0.2, 0.25) is 0 Å². The Bertz CT molecular complexity index is 182. The molecule has 0 aromatic rings. The van der Waals surface area contributed by atoms with Gasteiger partial charge in [0, 0.05) is 6.08 Å². The van der Waals surface area contributed by atoms with Gasteiger partial charge in [0.25, 0.3) is 0 Å². The Balaban J connectivity index is 0. The van der Waals surface area contributed by atoms with Crippen LogP contribution in [0.15, 0.2) is 38.0 Å². The molecule has 0 atom stereocenters. The zero-order chi connectivity index (χ0) is 9.98. The van der Waals surface area contributed by atoms with Gasteiger partial charge in [0.1, 0.15) is 0 Å². The second kappa shape index (κ2) is 9.36. The van der Waals surface area contributed by atoms with E-state index in [1.165, 1.54) is 19.3 Å². The highest BCUT2D eigenvalue weighted by Crippen LogP contribution is 1.68. The van der Waals surface area contributed by atoms with E-state index in [2.05, 4.69) is 24.5 Å². The topological polar surface area (TPSA) is 43.4 Å². The lowest BCUT2D eigenvalue weighted by atomic mass is 10.4. The smallest absolute Gasteiger partial charge is 0.329 e. The normalized spacial score (nSPS) is 6.75. The number of ether oxygens (including phenoxy) is 1. The standard InChI is InChI=1S/C5H6O.C4H6O2/c1-3-5(6)4-2;1-3-4(5)6-2/h3-4H,1-2H2;3H,1H2,2H3. The van der Waals surface area contributed by atoms with Gasteiger partial charge in [-0.3, -0.25) is 4.79 Å². The number of ketones is 1. The maximum Gasteiger partial charge on any atom is 0.329 e. The molecule has 0 amide bonds. The summed E-state index contributed by atoms with van der Waals surface area (Å²) in [4.78, 5) is 19.8. The van der Waals surface area contributed by atoms with Gasteiger partial charge in [0.15, 0.2) is 5.78 Å². The van der Waals surface area contributed by atoms with Crippen molar-refractivity contribution in [1.82, 2.24) is 0 Å². The number of carbonyl (C=O) groups is 2. The molecule has 0 aromatic heterocycles. The molecule has 0 aromatic carbocycles. The molecule has 0 radical (unpaired) electrons. The predicted molar refractivity (Wildman–Crippen MR) is 47.6 cm³/mol. The highest BCUT2D eigenvalue weighted by Gasteiger charge is 1.81. The summed E-state index contributed by atoms with van der Waals surface area (Å²) in [6.45, 7) is 9.58. The van der Waals surface area contributed by atoms with Crippen LogP contribution in [0.4, 0.5) is 0 Å². The molecule has 0 unspecified atom stereocenters. The van der Waals surface area contributed by atoms with E-state index in [0.29, 0.717) is 0 Å². The van der Waals surface area contributed by atoms with Crippen LogP contribution in [0.1, 0.15) is 0 Å². The predicted octanol–water partition coefficient (Wildman–Crippen LogP) is 1.27. The van der Waals surface area contributed by atoms with Crippen molar-refractivity contribution >= 4 is 11.8 Å². The maximum absolute atomic E-state index is 9.94. The first-order valence-electron chi connectivity index (χ1n) is 3.11. The Morgan fingerprint density at radius 1 is 1.08 bits per heavy atom. The summed E-state index contributed by atoms with van der Waals surface area (Å²) in [5.41, 5.74) is 0. The summed E-state index contributed by atoms with van der Waals surface area (Å²) in [5.74, 6) is -0.523. The SMILES string of the molecule is C=CC(=O)C=C.C=CC(=O)OC. The number of methoxy groups -OCH3 is 1. The molecule has 66 valence electrons. The number of rotatable bonds is 3. The van der Waals surface area contributed by atoms with Gasteiger partial charge in [-0.15, -0.1) is 0 Å². The number of hydrogen-bond donors (Lipinski definition) is 0. The summed E-state index contributed by atoms with van der Waals surface area (Å²) < 4.78 is 4.14. The van der Waals surface area contributed by atoms with Crippen molar-refractivity contribution in [1.29, 1.82) is 0 Å². The Morgan fingerprint density at radius 3 is 1.50 bits per heavy atom. The third kappa shape index (κ3) is 11.2. The van der Waals surface area contributed by atoms with Crippen LogP contribution >= 0.6 is 0 Å². The second-order valence-electron chi connectivity index (χ2n) is 1.54. The molecule has 0 fully saturated rings. The lowest BCUT2D eigenvalue weighted by Gasteiger charge is -1.83. The zero-order valence-electron chi connectivity index (χ0n) is 7.08. The van der Waals surface area contributed by atoms with E-state index in [-0.39, 0.29) is 5.78 Å². The van der Waals surface area contributed by atoms with Crippen LogP contribution in [-0.4, -0.2) is 18.9 Å².